The number of rotatable bonds is 5. The molecule has 0 radical (unpaired) electrons. The fourth-order valence-corrected chi connectivity index (χ4v) is 3.53. The maximum absolute atomic E-state index is 12.2. The normalized spacial score (nSPS) is 17.1. The monoisotopic (exact) mass is 374 g/mol. The number of carbonyl (C=O) groups is 1. The van der Waals surface area contributed by atoms with Gasteiger partial charge in [0.25, 0.3) is 21.7 Å². The van der Waals surface area contributed by atoms with E-state index in [0.717, 1.165) is 16.7 Å². The summed E-state index contributed by atoms with van der Waals surface area (Å²) in [6, 6.07) is 5.90. The van der Waals surface area contributed by atoms with Gasteiger partial charge in [-0.05, 0) is 12.1 Å². The molecule has 0 aromatic heterocycles. The molecule has 0 saturated carbocycles. The van der Waals surface area contributed by atoms with Crippen LogP contribution in [0.2, 0.25) is 0 Å². The van der Waals surface area contributed by atoms with Crippen LogP contribution in [0.15, 0.2) is 29.2 Å². The third kappa shape index (κ3) is 4.34. The largest absolute Gasteiger partial charge is 0.292 e. The van der Waals surface area contributed by atoms with Gasteiger partial charge in [-0.15, -0.1) is 0 Å². The van der Waals surface area contributed by atoms with Gasteiger partial charge in [-0.25, -0.2) is 0 Å². The van der Waals surface area contributed by atoms with Crippen LogP contribution in [0.1, 0.15) is 5.56 Å². The van der Waals surface area contributed by atoms with Crippen molar-refractivity contribution in [3.05, 3.63) is 44.8 Å². The number of benzene rings is 1. The van der Waals surface area contributed by atoms with Gasteiger partial charge in [0.2, 0.25) is 0 Å². The van der Waals surface area contributed by atoms with E-state index in [-0.39, 0.29) is 27.0 Å². The number of thioether (sulfide) groups is 1. The number of nitro groups is 1. The molecule has 11 heteroatoms. The van der Waals surface area contributed by atoms with Crippen LogP contribution in [-0.4, -0.2) is 45.3 Å². The summed E-state index contributed by atoms with van der Waals surface area (Å²) < 4.78 is 30.4. The van der Waals surface area contributed by atoms with Gasteiger partial charge in [-0.3, -0.25) is 24.4 Å². The highest BCUT2D eigenvalue weighted by Gasteiger charge is 2.33. The molecule has 1 aromatic rings. The SMILES string of the molecule is O=C1C(=Cc2ccccc2[N+](=O)[O-])SC(=S)N1CCS(=O)(=O)O. The van der Waals surface area contributed by atoms with Crippen molar-refractivity contribution < 1.29 is 22.7 Å². The highest BCUT2D eigenvalue weighted by Crippen LogP contribution is 2.33. The summed E-state index contributed by atoms with van der Waals surface area (Å²) in [5.41, 5.74) is 0.0866. The first-order valence-electron chi connectivity index (χ1n) is 6.13. The first-order valence-corrected chi connectivity index (χ1v) is 8.96. The molecular formula is C12H10N2O6S3. The van der Waals surface area contributed by atoms with E-state index in [1.54, 1.807) is 6.07 Å². The molecule has 122 valence electrons. The van der Waals surface area contributed by atoms with Crippen molar-refractivity contribution in [1.82, 2.24) is 4.90 Å². The second-order valence-corrected chi connectivity index (χ2v) is 7.68. The van der Waals surface area contributed by atoms with Gasteiger partial charge in [0.05, 0.1) is 21.1 Å². The molecule has 0 bridgehead atoms. The van der Waals surface area contributed by atoms with Crippen molar-refractivity contribution in [3.8, 4) is 0 Å². The Hall–Kier alpha value is -1.82. The van der Waals surface area contributed by atoms with Gasteiger partial charge in [0, 0.05) is 12.6 Å². The number of nitrogens with zero attached hydrogens (tertiary/aromatic N) is 2. The Balaban J connectivity index is 2.27. The minimum absolute atomic E-state index is 0.128. The van der Waals surface area contributed by atoms with Gasteiger partial charge in [0.1, 0.15) is 4.32 Å². The Kier molecular flexibility index (Phi) is 5.14. The van der Waals surface area contributed by atoms with E-state index < -0.39 is 26.7 Å². The summed E-state index contributed by atoms with van der Waals surface area (Å²) in [6.07, 6.45) is 1.34. The van der Waals surface area contributed by atoms with Crippen molar-refractivity contribution in [2.45, 2.75) is 0 Å². The van der Waals surface area contributed by atoms with E-state index in [9.17, 15) is 23.3 Å². The minimum atomic E-state index is -4.22. The van der Waals surface area contributed by atoms with Gasteiger partial charge >= 0.3 is 0 Å². The zero-order chi connectivity index (χ0) is 17.2. The van der Waals surface area contributed by atoms with Crippen molar-refractivity contribution in [2.75, 3.05) is 12.3 Å². The Bertz CT molecular complexity index is 818. The van der Waals surface area contributed by atoms with Crippen molar-refractivity contribution in [2.24, 2.45) is 0 Å². The summed E-state index contributed by atoms with van der Waals surface area (Å²) in [7, 11) is -4.22. The van der Waals surface area contributed by atoms with Gasteiger partial charge in [-0.1, -0.05) is 36.1 Å². The Morgan fingerprint density at radius 2 is 2.04 bits per heavy atom. The number of hydrogen-bond acceptors (Lipinski definition) is 7. The summed E-state index contributed by atoms with van der Waals surface area (Å²) in [4.78, 5) is 23.8. The van der Waals surface area contributed by atoms with Crippen LogP contribution in [0.5, 0.6) is 0 Å². The van der Waals surface area contributed by atoms with Crippen LogP contribution in [0.3, 0.4) is 0 Å². The first-order chi connectivity index (χ1) is 10.7. The Morgan fingerprint density at radius 3 is 2.65 bits per heavy atom. The molecule has 1 fully saturated rings. The lowest BCUT2D eigenvalue weighted by Gasteiger charge is -2.12. The van der Waals surface area contributed by atoms with Crippen molar-refractivity contribution in [1.29, 1.82) is 0 Å². The zero-order valence-electron chi connectivity index (χ0n) is 11.4. The number of thiocarbonyl (C=S) groups is 1. The number of carbonyl (C=O) groups excluding carboxylic acids is 1. The summed E-state index contributed by atoms with van der Waals surface area (Å²) in [5.74, 6) is -1.19. The maximum atomic E-state index is 12.2. The summed E-state index contributed by atoms with van der Waals surface area (Å²) in [5, 5.41) is 11.0. The predicted octanol–water partition coefficient (Wildman–Crippen LogP) is 1.68. The predicted molar refractivity (Wildman–Crippen MR) is 89.4 cm³/mol. The molecular weight excluding hydrogens is 364 g/mol. The molecule has 2 rings (SSSR count). The number of hydrogen-bond donors (Lipinski definition) is 1. The van der Waals surface area contributed by atoms with E-state index in [0.29, 0.717) is 0 Å². The molecule has 1 aliphatic rings. The molecule has 23 heavy (non-hydrogen) atoms. The molecule has 0 aliphatic carbocycles. The van der Waals surface area contributed by atoms with Gasteiger partial charge in [0.15, 0.2) is 0 Å². The molecule has 1 amide bonds. The van der Waals surface area contributed by atoms with Crippen LogP contribution in [-0.2, 0) is 14.9 Å². The van der Waals surface area contributed by atoms with Gasteiger partial charge in [-0.2, -0.15) is 8.42 Å². The first kappa shape index (κ1) is 17.5. The fourth-order valence-electron chi connectivity index (χ4n) is 1.82. The third-order valence-electron chi connectivity index (χ3n) is 2.87. The average Bonchev–Trinajstić information content (AvgIpc) is 2.71. The lowest BCUT2D eigenvalue weighted by molar-refractivity contribution is -0.385. The van der Waals surface area contributed by atoms with Crippen LogP contribution in [0, 0.1) is 10.1 Å². The molecule has 8 nitrogen and oxygen atoms in total. The highest BCUT2D eigenvalue weighted by molar-refractivity contribution is 8.26. The molecule has 0 spiro atoms. The Morgan fingerprint density at radius 1 is 1.39 bits per heavy atom. The fraction of sp³-hybridized carbons (Fsp3) is 0.167. The molecule has 0 atom stereocenters. The Labute approximate surface area is 141 Å². The van der Waals surface area contributed by atoms with Gasteiger partial charge < -0.3 is 0 Å². The molecule has 0 unspecified atom stereocenters. The molecule has 1 heterocycles. The topological polar surface area (TPSA) is 118 Å². The molecule has 1 aromatic carbocycles. The summed E-state index contributed by atoms with van der Waals surface area (Å²) in [6.45, 7) is -0.280. The molecule has 1 aliphatic heterocycles. The summed E-state index contributed by atoms with van der Waals surface area (Å²) >= 11 is 5.92. The van der Waals surface area contributed by atoms with E-state index >= 15 is 0 Å². The van der Waals surface area contributed by atoms with Crippen molar-refractivity contribution >= 4 is 56.1 Å². The smallest absolute Gasteiger partial charge is 0.276 e. The maximum Gasteiger partial charge on any atom is 0.276 e. The lowest BCUT2D eigenvalue weighted by atomic mass is 10.1. The second kappa shape index (κ2) is 6.74. The third-order valence-corrected chi connectivity index (χ3v) is 4.94. The van der Waals surface area contributed by atoms with E-state index in [2.05, 4.69) is 0 Å². The molecule has 1 saturated heterocycles. The quantitative estimate of drug-likeness (QED) is 0.272. The highest BCUT2D eigenvalue weighted by atomic mass is 32.2. The minimum Gasteiger partial charge on any atom is -0.292 e. The molecule has 1 N–H and O–H groups in total. The van der Waals surface area contributed by atoms with Crippen LogP contribution < -0.4 is 0 Å². The van der Waals surface area contributed by atoms with Crippen LogP contribution in [0.25, 0.3) is 6.08 Å². The number of nitro benzene ring substituents is 1. The zero-order valence-corrected chi connectivity index (χ0v) is 13.9. The second-order valence-electron chi connectivity index (χ2n) is 4.44. The van der Waals surface area contributed by atoms with Crippen molar-refractivity contribution in [3.63, 3.8) is 0 Å². The number of amides is 1. The average molecular weight is 374 g/mol. The number of para-hydroxylation sites is 1. The van der Waals surface area contributed by atoms with Crippen LogP contribution in [0.4, 0.5) is 5.69 Å². The standard InChI is InChI=1S/C12H10N2O6S3/c15-11-10(7-8-3-1-2-4-9(8)14(16)17)22-12(21)13(11)5-6-23(18,19)20/h1-4,7H,5-6H2,(H,18,19,20). The van der Waals surface area contributed by atoms with E-state index in [1.165, 1.54) is 24.3 Å². The van der Waals surface area contributed by atoms with E-state index in [1.807, 2.05) is 0 Å². The van der Waals surface area contributed by atoms with Crippen LogP contribution >= 0.6 is 24.0 Å². The van der Waals surface area contributed by atoms with E-state index in [4.69, 9.17) is 16.8 Å². The lowest BCUT2D eigenvalue weighted by Crippen LogP contribution is -2.32.